The molecule has 2 heteroatoms. The molecule has 0 saturated heterocycles. The molecule has 1 atom stereocenters. The summed E-state index contributed by atoms with van der Waals surface area (Å²) in [5, 5.41) is 3.48. The molecule has 94 valence electrons. The van der Waals surface area contributed by atoms with Crippen LogP contribution in [0.25, 0.3) is 0 Å². The molecule has 1 aromatic carbocycles. The van der Waals surface area contributed by atoms with Crippen LogP contribution in [0.4, 0.5) is 4.39 Å². The lowest BCUT2D eigenvalue weighted by molar-refractivity contribution is 0.478. The van der Waals surface area contributed by atoms with E-state index >= 15 is 0 Å². The fourth-order valence-electron chi connectivity index (χ4n) is 1.98. The highest BCUT2D eigenvalue weighted by atomic mass is 19.1. The Bertz CT molecular complexity index is 318. The monoisotopic (exact) mass is 235 g/mol. The number of hydrogen-bond acceptors (Lipinski definition) is 1. The van der Waals surface area contributed by atoms with Crippen LogP contribution in [-0.4, -0.2) is 12.6 Å². The summed E-state index contributed by atoms with van der Waals surface area (Å²) in [7, 11) is 0. The maximum absolute atomic E-state index is 12.8. The zero-order valence-electron chi connectivity index (χ0n) is 10.6. The molecule has 1 rings (SSSR count). The summed E-state index contributed by atoms with van der Waals surface area (Å²) in [5.74, 6) is -0.166. The van der Waals surface area contributed by atoms with Crippen molar-refractivity contribution in [2.24, 2.45) is 0 Å². The van der Waals surface area contributed by atoms with Crippen LogP contribution in [0.15, 0.2) is 36.9 Å². The van der Waals surface area contributed by atoms with Crippen LogP contribution in [0.2, 0.25) is 0 Å². The lowest BCUT2D eigenvalue weighted by Crippen LogP contribution is -2.30. The summed E-state index contributed by atoms with van der Waals surface area (Å²) >= 11 is 0. The molecule has 0 aliphatic rings. The molecule has 1 unspecified atom stereocenters. The minimum atomic E-state index is -0.166. The van der Waals surface area contributed by atoms with Crippen molar-refractivity contribution >= 4 is 0 Å². The lowest BCUT2D eigenvalue weighted by atomic mass is 10.0. The highest BCUT2D eigenvalue weighted by Crippen LogP contribution is 2.10. The Balaban J connectivity index is 2.47. The molecule has 0 bridgehead atoms. The van der Waals surface area contributed by atoms with Gasteiger partial charge in [-0.05, 0) is 49.9 Å². The van der Waals surface area contributed by atoms with E-state index in [1.54, 1.807) is 0 Å². The first-order valence-electron chi connectivity index (χ1n) is 6.35. The van der Waals surface area contributed by atoms with Crippen molar-refractivity contribution in [3.63, 3.8) is 0 Å². The molecule has 17 heavy (non-hydrogen) atoms. The maximum atomic E-state index is 12.8. The molecular formula is C15H22FN. The van der Waals surface area contributed by atoms with Crippen molar-refractivity contribution in [1.29, 1.82) is 0 Å². The van der Waals surface area contributed by atoms with Gasteiger partial charge in [0.2, 0.25) is 0 Å². The van der Waals surface area contributed by atoms with Crippen LogP contribution >= 0.6 is 0 Å². The van der Waals surface area contributed by atoms with Crippen molar-refractivity contribution in [1.82, 2.24) is 5.32 Å². The van der Waals surface area contributed by atoms with Gasteiger partial charge < -0.3 is 5.32 Å². The van der Waals surface area contributed by atoms with E-state index in [2.05, 4.69) is 18.8 Å². The van der Waals surface area contributed by atoms with Gasteiger partial charge >= 0.3 is 0 Å². The van der Waals surface area contributed by atoms with E-state index in [4.69, 9.17) is 0 Å². The molecule has 0 aliphatic heterocycles. The first-order chi connectivity index (χ1) is 8.26. The van der Waals surface area contributed by atoms with Crippen LogP contribution in [-0.2, 0) is 6.42 Å². The predicted octanol–water partition coefficient (Wildman–Crippen LogP) is 3.70. The summed E-state index contributed by atoms with van der Waals surface area (Å²) in [6.45, 7) is 6.82. The van der Waals surface area contributed by atoms with Gasteiger partial charge in [-0.15, -0.1) is 6.58 Å². The third-order valence-electron chi connectivity index (χ3n) is 2.85. The summed E-state index contributed by atoms with van der Waals surface area (Å²) < 4.78 is 12.8. The number of allylic oxidation sites excluding steroid dienone is 1. The summed E-state index contributed by atoms with van der Waals surface area (Å²) in [5.41, 5.74) is 1.19. The second-order valence-electron chi connectivity index (χ2n) is 4.30. The number of nitrogens with one attached hydrogen (secondary N) is 1. The molecule has 1 nitrogen and oxygen atoms in total. The third kappa shape index (κ3) is 5.64. The number of likely N-dealkylation sites (N-methyl/N-ethyl adjacent to an activating group) is 1. The zero-order chi connectivity index (χ0) is 12.5. The lowest BCUT2D eigenvalue weighted by Gasteiger charge is -2.17. The molecule has 0 amide bonds. The SMILES string of the molecule is C=CCCCC(Cc1ccc(F)cc1)NCC. The summed E-state index contributed by atoms with van der Waals surface area (Å²) in [6.07, 6.45) is 6.27. The second-order valence-corrected chi connectivity index (χ2v) is 4.30. The molecule has 1 aromatic rings. The van der Waals surface area contributed by atoms with E-state index in [-0.39, 0.29) is 5.82 Å². The fraction of sp³-hybridized carbons (Fsp3) is 0.467. The number of benzene rings is 1. The first-order valence-corrected chi connectivity index (χ1v) is 6.35. The van der Waals surface area contributed by atoms with Gasteiger partial charge in [0.15, 0.2) is 0 Å². The predicted molar refractivity (Wildman–Crippen MR) is 71.6 cm³/mol. The molecule has 0 aromatic heterocycles. The number of hydrogen-bond donors (Lipinski definition) is 1. The van der Waals surface area contributed by atoms with Crippen LogP contribution in [0.3, 0.4) is 0 Å². The smallest absolute Gasteiger partial charge is 0.123 e. The summed E-state index contributed by atoms with van der Waals surface area (Å²) in [6, 6.07) is 7.27. The zero-order valence-corrected chi connectivity index (χ0v) is 10.6. The molecule has 1 N–H and O–H groups in total. The Kier molecular flexibility index (Phi) is 6.56. The van der Waals surface area contributed by atoms with Crippen LogP contribution < -0.4 is 5.32 Å². The Labute approximate surface area is 104 Å². The number of halogens is 1. The second kappa shape index (κ2) is 8.02. The minimum Gasteiger partial charge on any atom is -0.314 e. The van der Waals surface area contributed by atoms with Crippen molar-refractivity contribution < 1.29 is 4.39 Å². The van der Waals surface area contributed by atoms with Gasteiger partial charge in [-0.3, -0.25) is 0 Å². The number of rotatable bonds is 8. The average Bonchev–Trinajstić information content (AvgIpc) is 2.32. The summed E-state index contributed by atoms with van der Waals surface area (Å²) in [4.78, 5) is 0. The van der Waals surface area contributed by atoms with Crippen LogP contribution in [0.1, 0.15) is 31.7 Å². The quantitative estimate of drug-likeness (QED) is 0.535. The van der Waals surface area contributed by atoms with Gasteiger partial charge in [-0.1, -0.05) is 25.1 Å². The molecule has 0 spiro atoms. The topological polar surface area (TPSA) is 12.0 Å². The molecular weight excluding hydrogens is 213 g/mol. The largest absolute Gasteiger partial charge is 0.314 e. The van der Waals surface area contributed by atoms with Crippen LogP contribution in [0, 0.1) is 5.82 Å². The van der Waals surface area contributed by atoms with E-state index in [9.17, 15) is 4.39 Å². The number of unbranched alkanes of at least 4 members (excludes halogenated alkanes) is 1. The third-order valence-corrected chi connectivity index (χ3v) is 2.85. The Morgan fingerprint density at radius 1 is 1.35 bits per heavy atom. The van der Waals surface area contributed by atoms with E-state index < -0.39 is 0 Å². The van der Waals surface area contributed by atoms with Gasteiger partial charge in [-0.25, -0.2) is 4.39 Å². The molecule has 0 radical (unpaired) electrons. The van der Waals surface area contributed by atoms with Crippen molar-refractivity contribution in [3.05, 3.63) is 48.3 Å². The fourth-order valence-corrected chi connectivity index (χ4v) is 1.98. The Morgan fingerprint density at radius 2 is 2.06 bits per heavy atom. The van der Waals surface area contributed by atoms with Crippen molar-refractivity contribution in [3.8, 4) is 0 Å². The van der Waals surface area contributed by atoms with Crippen molar-refractivity contribution in [2.45, 2.75) is 38.6 Å². The van der Waals surface area contributed by atoms with Crippen molar-refractivity contribution in [2.75, 3.05) is 6.54 Å². The maximum Gasteiger partial charge on any atom is 0.123 e. The molecule has 0 aliphatic carbocycles. The van der Waals surface area contributed by atoms with Gasteiger partial charge in [-0.2, -0.15) is 0 Å². The molecule has 0 saturated carbocycles. The van der Waals surface area contributed by atoms with Gasteiger partial charge in [0.05, 0.1) is 0 Å². The first kappa shape index (κ1) is 13.9. The van der Waals surface area contributed by atoms with Gasteiger partial charge in [0.1, 0.15) is 5.82 Å². The highest BCUT2D eigenvalue weighted by Gasteiger charge is 2.07. The van der Waals surface area contributed by atoms with E-state index in [0.29, 0.717) is 6.04 Å². The van der Waals surface area contributed by atoms with Crippen LogP contribution in [0.5, 0.6) is 0 Å². The molecule has 0 fully saturated rings. The van der Waals surface area contributed by atoms with E-state index in [0.717, 1.165) is 32.2 Å². The minimum absolute atomic E-state index is 0.166. The Morgan fingerprint density at radius 3 is 2.65 bits per heavy atom. The van der Waals surface area contributed by atoms with Gasteiger partial charge in [0.25, 0.3) is 0 Å². The average molecular weight is 235 g/mol. The Hall–Kier alpha value is -1.15. The highest BCUT2D eigenvalue weighted by molar-refractivity contribution is 5.17. The standard InChI is InChI=1S/C15H22FN/c1-3-5-6-7-15(17-4-2)12-13-8-10-14(16)11-9-13/h3,8-11,15,17H,1,4-7,12H2,2H3. The molecule has 0 heterocycles. The van der Waals surface area contributed by atoms with Gasteiger partial charge in [0, 0.05) is 6.04 Å². The normalized spacial score (nSPS) is 12.4. The van der Waals surface area contributed by atoms with E-state index in [1.165, 1.54) is 17.7 Å². The van der Waals surface area contributed by atoms with E-state index in [1.807, 2.05) is 18.2 Å².